The second-order valence-corrected chi connectivity index (χ2v) is 11.4. The van der Waals surface area contributed by atoms with E-state index in [2.05, 4.69) is 51.3 Å². The van der Waals surface area contributed by atoms with Gasteiger partial charge in [-0.05, 0) is 66.1 Å². The van der Waals surface area contributed by atoms with E-state index in [4.69, 9.17) is 4.74 Å². The van der Waals surface area contributed by atoms with Crippen LogP contribution in [0.25, 0.3) is 21.7 Å². The summed E-state index contributed by atoms with van der Waals surface area (Å²) in [6.45, 7) is 4.70. The molecule has 0 unspecified atom stereocenters. The summed E-state index contributed by atoms with van der Waals surface area (Å²) < 4.78 is 5.43. The molecule has 3 aromatic carbocycles. The molecule has 3 amide bonds. The highest BCUT2D eigenvalue weighted by Gasteiger charge is 2.30. The van der Waals surface area contributed by atoms with E-state index >= 15 is 0 Å². The molecule has 8 nitrogen and oxygen atoms in total. The van der Waals surface area contributed by atoms with Crippen molar-refractivity contribution in [3.63, 3.8) is 0 Å². The minimum absolute atomic E-state index is 0.0315. The number of carbonyl (C=O) groups excluding carboxylic acids is 3. The fourth-order valence-corrected chi connectivity index (χ4v) is 5.73. The maximum Gasteiger partial charge on any atom is 0.268 e. The van der Waals surface area contributed by atoms with Crippen LogP contribution in [0.2, 0.25) is 0 Å². The zero-order chi connectivity index (χ0) is 28.9. The van der Waals surface area contributed by atoms with E-state index in [1.54, 1.807) is 13.2 Å². The van der Waals surface area contributed by atoms with Crippen molar-refractivity contribution in [3.8, 4) is 5.75 Å². The van der Waals surface area contributed by atoms with Crippen LogP contribution in [0.5, 0.6) is 5.75 Å². The molecule has 3 atom stereocenters. The minimum atomic E-state index is -0.729. The first-order chi connectivity index (χ1) is 19.8. The SMILES string of the molecule is COc1cccc2[nH]c(C(=O)N[C@@H](CC(C)C)C(=O)N[C@H](Cc3ccc4ccccc4c3)C[C@@H]3CCNC3=O)cc12. The van der Waals surface area contributed by atoms with Gasteiger partial charge in [-0.2, -0.15) is 0 Å². The minimum Gasteiger partial charge on any atom is -0.496 e. The Balaban J connectivity index is 1.35. The molecule has 0 radical (unpaired) electrons. The molecule has 214 valence electrons. The first-order valence-corrected chi connectivity index (χ1v) is 14.3. The quantitative estimate of drug-likeness (QED) is 0.215. The van der Waals surface area contributed by atoms with E-state index in [0.717, 1.165) is 33.7 Å². The Morgan fingerprint density at radius 1 is 1.00 bits per heavy atom. The monoisotopic (exact) mass is 554 g/mol. The molecule has 0 aliphatic carbocycles. The third-order valence-corrected chi connectivity index (χ3v) is 7.79. The summed E-state index contributed by atoms with van der Waals surface area (Å²) in [7, 11) is 1.59. The molecular formula is C33H38N4O4. The molecule has 0 spiro atoms. The number of H-pyrrole nitrogens is 1. The number of aromatic nitrogens is 1. The molecule has 1 aliphatic heterocycles. The number of carbonyl (C=O) groups is 3. The van der Waals surface area contributed by atoms with Crippen LogP contribution in [0.15, 0.2) is 66.7 Å². The van der Waals surface area contributed by atoms with Gasteiger partial charge in [-0.3, -0.25) is 14.4 Å². The van der Waals surface area contributed by atoms with Crippen LogP contribution in [0.1, 0.15) is 49.2 Å². The van der Waals surface area contributed by atoms with Gasteiger partial charge in [0, 0.05) is 29.4 Å². The Labute approximate surface area is 240 Å². The highest BCUT2D eigenvalue weighted by Crippen LogP contribution is 2.26. The molecule has 5 rings (SSSR count). The Bertz CT molecular complexity index is 1560. The molecule has 4 aromatic rings. The normalized spacial score (nSPS) is 16.5. The number of ether oxygens (including phenoxy) is 1. The lowest BCUT2D eigenvalue weighted by molar-refractivity contribution is -0.126. The van der Waals surface area contributed by atoms with Gasteiger partial charge >= 0.3 is 0 Å². The number of hydrogen-bond acceptors (Lipinski definition) is 4. The molecule has 8 heteroatoms. The van der Waals surface area contributed by atoms with E-state index in [1.165, 1.54) is 0 Å². The van der Waals surface area contributed by atoms with Gasteiger partial charge in [-0.1, -0.05) is 62.4 Å². The summed E-state index contributed by atoms with van der Waals surface area (Å²) in [5.74, 6) is 0.120. The predicted molar refractivity (Wildman–Crippen MR) is 161 cm³/mol. The van der Waals surface area contributed by atoms with Crippen molar-refractivity contribution >= 4 is 39.4 Å². The van der Waals surface area contributed by atoms with Crippen molar-refractivity contribution in [3.05, 3.63) is 78.0 Å². The van der Waals surface area contributed by atoms with Gasteiger partial charge in [0.1, 0.15) is 17.5 Å². The molecule has 1 aromatic heterocycles. The zero-order valence-corrected chi connectivity index (χ0v) is 23.8. The van der Waals surface area contributed by atoms with Crippen LogP contribution >= 0.6 is 0 Å². The van der Waals surface area contributed by atoms with Crippen LogP contribution in [0.3, 0.4) is 0 Å². The maximum absolute atomic E-state index is 13.7. The van der Waals surface area contributed by atoms with Crippen LogP contribution in [0.4, 0.5) is 0 Å². The fourth-order valence-electron chi connectivity index (χ4n) is 5.73. The highest BCUT2D eigenvalue weighted by atomic mass is 16.5. The highest BCUT2D eigenvalue weighted by molar-refractivity contribution is 6.01. The van der Waals surface area contributed by atoms with Crippen LogP contribution in [0, 0.1) is 11.8 Å². The molecule has 41 heavy (non-hydrogen) atoms. The number of methoxy groups -OCH3 is 1. The summed E-state index contributed by atoms with van der Waals surface area (Å²) in [6.07, 6.45) is 2.35. The molecule has 2 heterocycles. The first kappa shape index (κ1) is 28.2. The van der Waals surface area contributed by atoms with Crippen LogP contribution in [-0.4, -0.2) is 48.4 Å². The van der Waals surface area contributed by atoms with Crippen molar-refractivity contribution in [1.29, 1.82) is 0 Å². The van der Waals surface area contributed by atoms with Crippen molar-refractivity contribution in [2.24, 2.45) is 11.8 Å². The standard InChI is InChI=1S/C33H38N4O4/c1-20(2)15-28(37-33(40)29-19-26-27(36-29)9-6-10-30(26)41-3)32(39)35-25(18-24-13-14-34-31(24)38)17-21-11-12-22-7-4-5-8-23(22)16-21/h4-12,16,19-20,24-25,28,36H,13-15,17-18H2,1-3H3,(H,34,38)(H,35,39)(H,37,40)/t24-,25+,28-/m0/s1. The Morgan fingerprint density at radius 3 is 2.54 bits per heavy atom. The first-order valence-electron chi connectivity index (χ1n) is 14.3. The number of aromatic amines is 1. The Morgan fingerprint density at radius 2 is 1.80 bits per heavy atom. The van der Waals surface area contributed by atoms with Crippen LogP contribution in [-0.2, 0) is 16.0 Å². The summed E-state index contributed by atoms with van der Waals surface area (Å²) in [4.78, 5) is 42.6. The largest absolute Gasteiger partial charge is 0.496 e. The molecule has 1 aliphatic rings. The fraction of sp³-hybridized carbons (Fsp3) is 0.364. The van der Waals surface area contributed by atoms with Crippen molar-refractivity contribution in [2.45, 2.75) is 51.6 Å². The molecule has 1 fully saturated rings. The number of amides is 3. The lowest BCUT2D eigenvalue weighted by Gasteiger charge is -2.26. The number of hydrogen-bond donors (Lipinski definition) is 4. The second kappa shape index (κ2) is 12.5. The zero-order valence-electron chi connectivity index (χ0n) is 23.8. The van der Waals surface area contributed by atoms with Gasteiger partial charge in [0.15, 0.2) is 0 Å². The Hall–Kier alpha value is -4.33. The van der Waals surface area contributed by atoms with Gasteiger partial charge < -0.3 is 25.7 Å². The number of benzene rings is 3. The molecule has 0 bridgehead atoms. The van der Waals surface area contributed by atoms with E-state index in [0.29, 0.717) is 37.3 Å². The van der Waals surface area contributed by atoms with Gasteiger partial charge in [-0.15, -0.1) is 0 Å². The van der Waals surface area contributed by atoms with Crippen molar-refractivity contribution in [1.82, 2.24) is 20.9 Å². The average Bonchev–Trinajstić information content (AvgIpc) is 3.58. The van der Waals surface area contributed by atoms with Crippen molar-refractivity contribution < 1.29 is 19.1 Å². The third kappa shape index (κ3) is 6.70. The summed E-state index contributed by atoms with van der Waals surface area (Å²) in [5.41, 5.74) is 2.23. The number of nitrogens with one attached hydrogen (secondary N) is 4. The van der Waals surface area contributed by atoms with E-state index in [-0.39, 0.29) is 35.6 Å². The van der Waals surface area contributed by atoms with Gasteiger partial charge in [0.05, 0.1) is 7.11 Å². The third-order valence-electron chi connectivity index (χ3n) is 7.79. The molecule has 4 N–H and O–H groups in total. The topological polar surface area (TPSA) is 112 Å². The average molecular weight is 555 g/mol. The summed E-state index contributed by atoms with van der Waals surface area (Å²) >= 11 is 0. The molecular weight excluding hydrogens is 516 g/mol. The lowest BCUT2D eigenvalue weighted by Crippen LogP contribution is -2.51. The summed E-state index contributed by atoms with van der Waals surface area (Å²) in [5, 5.41) is 12.2. The van der Waals surface area contributed by atoms with Gasteiger partial charge in [-0.25, -0.2) is 0 Å². The maximum atomic E-state index is 13.7. The van der Waals surface area contributed by atoms with Crippen molar-refractivity contribution in [2.75, 3.05) is 13.7 Å². The summed E-state index contributed by atoms with van der Waals surface area (Å²) in [6, 6.07) is 20.8. The second-order valence-electron chi connectivity index (χ2n) is 11.4. The lowest BCUT2D eigenvalue weighted by atomic mass is 9.92. The smallest absolute Gasteiger partial charge is 0.268 e. The van der Waals surface area contributed by atoms with E-state index < -0.39 is 6.04 Å². The molecule has 1 saturated heterocycles. The Kier molecular flexibility index (Phi) is 8.57. The van der Waals surface area contributed by atoms with E-state index in [9.17, 15) is 14.4 Å². The predicted octanol–water partition coefficient (Wildman–Crippen LogP) is 4.73. The van der Waals surface area contributed by atoms with Gasteiger partial charge in [0.25, 0.3) is 5.91 Å². The van der Waals surface area contributed by atoms with E-state index in [1.807, 2.05) is 44.2 Å². The van der Waals surface area contributed by atoms with Gasteiger partial charge in [0.2, 0.25) is 11.8 Å². The molecule has 0 saturated carbocycles. The number of rotatable bonds is 11. The van der Waals surface area contributed by atoms with Crippen LogP contribution < -0.4 is 20.7 Å². The number of fused-ring (bicyclic) bond motifs is 2.